The van der Waals surface area contributed by atoms with Crippen molar-refractivity contribution in [2.45, 2.75) is 31.3 Å². The van der Waals surface area contributed by atoms with Crippen LogP contribution in [-0.2, 0) is 24.0 Å². The molecule has 0 saturated carbocycles. The van der Waals surface area contributed by atoms with Gasteiger partial charge in [0.15, 0.2) is 5.78 Å². The van der Waals surface area contributed by atoms with Crippen LogP contribution >= 0.6 is 11.8 Å². The van der Waals surface area contributed by atoms with Crippen LogP contribution in [0.1, 0.15) is 19.3 Å². The van der Waals surface area contributed by atoms with E-state index in [-0.39, 0.29) is 24.4 Å². The highest BCUT2D eigenvalue weighted by Gasteiger charge is 2.22. The maximum absolute atomic E-state index is 12.2. The molecule has 0 fully saturated rings. The van der Waals surface area contributed by atoms with Crippen LogP contribution in [0.2, 0.25) is 0 Å². The topological polar surface area (TPSA) is 176 Å². The standard InChI is InChI=1S/C17H23N3O7S/c18-12(17(26)27)4-5-14(22)20-13(16(25)19-7-15(23)24)9-28-8-10-2-1-3-11(21)6-10/h1,3,6,12-13H,2,4-5,7-9,18H2,(H,19,25)(H,20,22)(H,23,24)(H,26,27). The number of carboxylic acids is 2. The highest BCUT2D eigenvalue weighted by atomic mass is 32.2. The number of nitrogens with one attached hydrogen (secondary N) is 2. The van der Waals surface area contributed by atoms with E-state index in [1.165, 1.54) is 23.9 Å². The van der Waals surface area contributed by atoms with E-state index in [0.717, 1.165) is 5.57 Å². The van der Waals surface area contributed by atoms with Crippen LogP contribution < -0.4 is 16.4 Å². The van der Waals surface area contributed by atoms with E-state index in [1.54, 1.807) is 6.08 Å². The molecule has 2 atom stereocenters. The van der Waals surface area contributed by atoms with Gasteiger partial charge >= 0.3 is 11.9 Å². The van der Waals surface area contributed by atoms with Gasteiger partial charge < -0.3 is 26.6 Å². The molecule has 0 spiro atoms. The number of hydrogen-bond acceptors (Lipinski definition) is 7. The van der Waals surface area contributed by atoms with Crippen LogP contribution in [0.4, 0.5) is 0 Å². The summed E-state index contributed by atoms with van der Waals surface area (Å²) in [5.41, 5.74) is 6.22. The molecule has 1 rings (SSSR count). The molecule has 0 aromatic carbocycles. The largest absolute Gasteiger partial charge is 0.480 e. The lowest BCUT2D eigenvalue weighted by Gasteiger charge is -2.18. The van der Waals surface area contributed by atoms with E-state index in [2.05, 4.69) is 10.6 Å². The Balaban J connectivity index is 2.58. The van der Waals surface area contributed by atoms with E-state index in [1.807, 2.05) is 0 Å². The first-order valence-corrected chi connectivity index (χ1v) is 9.59. The first-order valence-electron chi connectivity index (χ1n) is 8.44. The molecule has 0 bridgehead atoms. The zero-order valence-electron chi connectivity index (χ0n) is 15.1. The Kier molecular flexibility index (Phi) is 9.96. The molecule has 0 heterocycles. The van der Waals surface area contributed by atoms with E-state index >= 15 is 0 Å². The van der Waals surface area contributed by atoms with Crippen LogP contribution in [0.25, 0.3) is 0 Å². The lowest BCUT2D eigenvalue weighted by Crippen LogP contribution is -2.49. The van der Waals surface area contributed by atoms with Crippen LogP contribution in [0, 0.1) is 0 Å². The van der Waals surface area contributed by atoms with E-state index < -0.39 is 42.4 Å². The van der Waals surface area contributed by atoms with E-state index in [9.17, 15) is 24.0 Å². The zero-order valence-corrected chi connectivity index (χ0v) is 15.9. The molecule has 0 aromatic rings. The van der Waals surface area contributed by atoms with Crippen molar-refractivity contribution in [3.05, 3.63) is 23.8 Å². The summed E-state index contributed by atoms with van der Waals surface area (Å²) in [6, 6.07) is -2.20. The van der Waals surface area contributed by atoms with Gasteiger partial charge in [-0.05, 0) is 25.0 Å². The molecule has 154 valence electrons. The maximum Gasteiger partial charge on any atom is 0.322 e. The molecule has 2 amide bonds. The van der Waals surface area contributed by atoms with Gasteiger partial charge in [0.1, 0.15) is 18.6 Å². The number of carboxylic acid groups (broad SMARTS) is 2. The quantitative estimate of drug-likeness (QED) is 0.270. The number of rotatable bonds is 12. The smallest absolute Gasteiger partial charge is 0.322 e. The third-order valence-electron chi connectivity index (χ3n) is 3.65. The molecule has 1 aliphatic carbocycles. The number of allylic oxidation sites excluding steroid dienone is 3. The first-order chi connectivity index (χ1) is 13.2. The van der Waals surface area contributed by atoms with Crippen molar-refractivity contribution < 1.29 is 34.2 Å². The van der Waals surface area contributed by atoms with Gasteiger partial charge in [-0.1, -0.05) is 11.6 Å². The fourth-order valence-electron chi connectivity index (χ4n) is 2.19. The summed E-state index contributed by atoms with van der Waals surface area (Å²) in [6.45, 7) is -0.593. The molecule has 6 N–H and O–H groups in total. The van der Waals surface area contributed by atoms with Gasteiger partial charge in [-0.25, -0.2) is 0 Å². The van der Waals surface area contributed by atoms with Crippen molar-refractivity contribution in [3.8, 4) is 0 Å². The summed E-state index contributed by atoms with van der Waals surface area (Å²) in [4.78, 5) is 56.8. The van der Waals surface area contributed by atoms with Crippen LogP contribution in [0.3, 0.4) is 0 Å². The summed E-state index contributed by atoms with van der Waals surface area (Å²) >= 11 is 1.31. The summed E-state index contributed by atoms with van der Waals surface area (Å²) < 4.78 is 0. The van der Waals surface area contributed by atoms with Crippen molar-refractivity contribution in [1.29, 1.82) is 0 Å². The monoisotopic (exact) mass is 413 g/mol. The predicted octanol–water partition coefficient (Wildman–Crippen LogP) is -0.947. The van der Waals surface area contributed by atoms with Gasteiger partial charge in [-0.3, -0.25) is 24.0 Å². The number of ketones is 1. The zero-order chi connectivity index (χ0) is 21.1. The highest BCUT2D eigenvalue weighted by molar-refractivity contribution is 7.99. The molecular weight excluding hydrogens is 390 g/mol. The molecule has 0 saturated heterocycles. The number of amides is 2. The third-order valence-corrected chi connectivity index (χ3v) is 4.79. The van der Waals surface area contributed by atoms with Gasteiger partial charge in [-0.15, -0.1) is 0 Å². The van der Waals surface area contributed by atoms with E-state index in [4.69, 9.17) is 15.9 Å². The van der Waals surface area contributed by atoms with Crippen molar-refractivity contribution >= 4 is 41.3 Å². The first kappa shape index (κ1) is 23.4. The second-order valence-corrected chi connectivity index (χ2v) is 7.07. The Morgan fingerprint density at radius 3 is 2.57 bits per heavy atom. The minimum absolute atomic E-state index is 0.0981. The Morgan fingerprint density at radius 2 is 1.96 bits per heavy atom. The number of aliphatic carboxylic acids is 2. The molecule has 11 heteroatoms. The van der Waals surface area contributed by atoms with Crippen LogP contribution in [0.15, 0.2) is 23.8 Å². The average Bonchev–Trinajstić information content (AvgIpc) is 2.63. The predicted molar refractivity (Wildman–Crippen MR) is 102 cm³/mol. The SMILES string of the molecule is NC(CCC(=O)NC(CSCC1=CC(=O)C=CC1)C(=O)NCC(=O)O)C(=O)O. The number of carbonyl (C=O) groups excluding carboxylic acids is 3. The maximum atomic E-state index is 12.2. The lowest BCUT2D eigenvalue weighted by atomic mass is 10.1. The summed E-state index contributed by atoms with van der Waals surface area (Å²) in [5, 5.41) is 22.1. The third kappa shape index (κ3) is 9.33. The minimum Gasteiger partial charge on any atom is -0.480 e. The summed E-state index contributed by atoms with van der Waals surface area (Å²) in [6.07, 6.45) is 5.05. The average molecular weight is 413 g/mol. The second-order valence-electron chi connectivity index (χ2n) is 6.04. The van der Waals surface area contributed by atoms with Gasteiger partial charge in [0.25, 0.3) is 0 Å². The van der Waals surface area contributed by atoms with Crippen LogP contribution in [-0.4, -0.2) is 69.9 Å². The lowest BCUT2D eigenvalue weighted by molar-refractivity contribution is -0.139. The van der Waals surface area contributed by atoms with Gasteiger partial charge in [0.2, 0.25) is 11.8 Å². The number of thioether (sulfide) groups is 1. The molecule has 10 nitrogen and oxygen atoms in total. The molecular formula is C17H23N3O7S. The highest BCUT2D eigenvalue weighted by Crippen LogP contribution is 2.16. The summed E-state index contributed by atoms with van der Waals surface area (Å²) in [5.74, 6) is -3.18. The van der Waals surface area contributed by atoms with Gasteiger partial charge in [-0.2, -0.15) is 11.8 Å². The van der Waals surface area contributed by atoms with Crippen molar-refractivity contribution in [2.24, 2.45) is 5.73 Å². The van der Waals surface area contributed by atoms with Gasteiger partial charge in [0.05, 0.1) is 0 Å². The fraction of sp³-hybridized carbons (Fsp3) is 0.471. The molecule has 2 unspecified atom stereocenters. The Morgan fingerprint density at radius 1 is 1.25 bits per heavy atom. The molecule has 0 aromatic heterocycles. The molecule has 0 radical (unpaired) electrons. The van der Waals surface area contributed by atoms with Crippen molar-refractivity contribution in [2.75, 3.05) is 18.1 Å². The number of carbonyl (C=O) groups is 5. The fourth-order valence-corrected chi connectivity index (χ4v) is 3.24. The minimum atomic E-state index is -1.23. The Bertz CT molecular complexity index is 690. The second kappa shape index (κ2) is 11.9. The molecule has 28 heavy (non-hydrogen) atoms. The normalized spacial score (nSPS) is 15.3. The van der Waals surface area contributed by atoms with Crippen molar-refractivity contribution in [1.82, 2.24) is 10.6 Å². The van der Waals surface area contributed by atoms with Crippen molar-refractivity contribution in [3.63, 3.8) is 0 Å². The van der Waals surface area contributed by atoms with E-state index in [0.29, 0.717) is 12.2 Å². The Labute approximate surface area is 165 Å². The summed E-state index contributed by atoms with van der Waals surface area (Å²) in [7, 11) is 0. The molecule has 0 aliphatic heterocycles. The Hall–Kier alpha value is -2.66. The van der Waals surface area contributed by atoms with Gasteiger partial charge in [0, 0.05) is 17.9 Å². The number of hydrogen-bond donors (Lipinski definition) is 5. The number of nitrogens with two attached hydrogens (primary N) is 1. The van der Waals surface area contributed by atoms with Crippen LogP contribution in [0.5, 0.6) is 0 Å². The molecule has 1 aliphatic rings.